The average Bonchev–Trinajstić information content (AvgIpc) is 2.60. The van der Waals surface area contributed by atoms with Crippen LogP contribution >= 0.6 is 0 Å². The molecule has 5 nitrogen and oxygen atoms in total. The summed E-state index contributed by atoms with van der Waals surface area (Å²) in [7, 11) is 1.31. The molecule has 132 valence electrons. The summed E-state index contributed by atoms with van der Waals surface area (Å²) in [6.45, 7) is 6.64. The van der Waals surface area contributed by atoms with E-state index in [-0.39, 0.29) is 11.4 Å². The maximum absolute atomic E-state index is 12.2. The van der Waals surface area contributed by atoms with Crippen molar-refractivity contribution in [3.63, 3.8) is 0 Å². The Morgan fingerprint density at radius 2 is 1.68 bits per heavy atom. The third kappa shape index (κ3) is 4.83. The summed E-state index contributed by atoms with van der Waals surface area (Å²) in [5.74, 6) is -0.490. The molecule has 0 aliphatic rings. The molecule has 0 fully saturated rings. The van der Waals surface area contributed by atoms with Gasteiger partial charge in [0.2, 0.25) is 0 Å². The molecule has 0 radical (unpaired) electrons. The van der Waals surface area contributed by atoms with Crippen molar-refractivity contribution in [1.82, 2.24) is 5.32 Å². The molecule has 0 aliphatic carbocycles. The number of aryl methyl sites for hydroxylation is 1. The smallest absolute Gasteiger partial charge is 0.339 e. The molecular formula is C20H24N2O3. The zero-order valence-electron chi connectivity index (χ0n) is 15.1. The van der Waals surface area contributed by atoms with Crippen LogP contribution in [-0.2, 0) is 10.2 Å². The Bertz CT molecular complexity index is 752. The van der Waals surface area contributed by atoms with Crippen LogP contribution in [0.25, 0.3) is 0 Å². The Balaban J connectivity index is 2.01. The molecule has 5 heteroatoms. The van der Waals surface area contributed by atoms with Crippen molar-refractivity contribution in [2.45, 2.75) is 26.2 Å². The molecule has 0 saturated heterocycles. The zero-order valence-corrected chi connectivity index (χ0v) is 15.1. The number of benzene rings is 2. The summed E-state index contributed by atoms with van der Waals surface area (Å²) in [6.07, 6.45) is 0. The van der Waals surface area contributed by atoms with Gasteiger partial charge in [-0.1, -0.05) is 55.8 Å². The summed E-state index contributed by atoms with van der Waals surface area (Å²) in [4.78, 5) is 24.0. The normalized spacial score (nSPS) is 10.9. The molecule has 0 spiro atoms. The molecule has 2 rings (SSSR count). The highest BCUT2D eigenvalue weighted by Gasteiger charge is 2.21. The van der Waals surface area contributed by atoms with E-state index in [1.54, 1.807) is 24.3 Å². The molecule has 0 heterocycles. The third-order valence-corrected chi connectivity index (χ3v) is 4.10. The van der Waals surface area contributed by atoms with Crippen LogP contribution in [-0.4, -0.2) is 25.7 Å². The van der Waals surface area contributed by atoms with Crippen LogP contribution in [0.2, 0.25) is 0 Å². The first kappa shape index (κ1) is 18.5. The monoisotopic (exact) mass is 340 g/mol. The molecule has 2 amide bonds. The molecule has 0 saturated carbocycles. The van der Waals surface area contributed by atoms with Gasteiger partial charge in [0, 0.05) is 12.0 Å². The number of methoxy groups -OCH3 is 1. The summed E-state index contributed by atoms with van der Waals surface area (Å²) < 4.78 is 4.73. The molecular weight excluding hydrogens is 316 g/mol. The van der Waals surface area contributed by atoms with E-state index in [0.717, 1.165) is 5.56 Å². The lowest BCUT2D eigenvalue weighted by Crippen LogP contribution is -2.39. The molecule has 0 aromatic heterocycles. The Morgan fingerprint density at radius 3 is 2.32 bits per heavy atom. The van der Waals surface area contributed by atoms with Crippen molar-refractivity contribution in [2.24, 2.45) is 0 Å². The molecule has 2 aromatic carbocycles. The number of carbonyl (C=O) groups excluding carboxylic acids is 2. The number of hydrogen-bond donors (Lipinski definition) is 2. The number of anilines is 1. The van der Waals surface area contributed by atoms with E-state index in [1.165, 1.54) is 12.7 Å². The van der Waals surface area contributed by atoms with E-state index in [9.17, 15) is 9.59 Å². The zero-order chi connectivity index (χ0) is 18.4. The van der Waals surface area contributed by atoms with Gasteiger partial charge in [-0.15, -0.1) is 0 Å². The number of amides is 2. The Kier molecular flexibility index (Phi) is 5.80. The van der Waals surface area contributed by atoms with Crippen LogP contribution in [0.1, 0.15) is 35.3 Å². The van der Waals surface area contributed by atoms with E-state index >= 15 is 0 Å². The van der Waals surface area contributed by atoms with Crippen molar-refractivity contribution in [3.8, 4) is 0 Å². The Labute approximate surface area is 148 Å². The fourth-order valence-electron chi connectivity index (χ4n) is 2.45. The first-order chi connectivity index (χ1) is 11.8. The predicted molar refractivity (Wildman–Crippen MR) is 99.0 cm³/mol. The van der Waals surface area contributed by atoms with E-state index in [2.05, 4.69) is 48.7 Å². The lowest BCUT2D eigenvalue weighted by Gasteiger charge is -2.26. The molecule has 0 aliphatic heterocycles. The van der Waals surface area contributed by atoms with Crippen molar-refractivity contribution in [3.05, 3.63) is 65.2 Å². The van der Waals surface area contributed by atoms with Gasteiger partial charge in [0.1, 0.15) is 0 Å². The fraction of sp³-hybridized carbons (Fsp3) is 0.300. The minimum atomic E-state index is -0.490. The topological polar surface area (TPSA) is 67.4 Å². The van der Waals surface area contributed by atoms with Crippen LogP contribution in [0.15, 0.2) is 48.5 Å². The lowest BCUT2D eigenvalue weighted by molar-refractivity contribution is 0.0602. The first-order valence-corrected chi connectivity index (χ1v) is 8.13. The van der Waals surface area contributed by atoms with E-state index in [0.29, 0.717) is 17.8 Å². The van der Waals surface area contributed by atoms with E-state index in [1.807, 2.05) is 6.92 Å². The minimum absolute atomic E-state index is 0.215. The number of nitrogens with one attached hydrogen (secondary N) is 2. The van der Waals surface area contributed by atoms with Crippen molar-refractivity contribution in [1.29, 1.82) is 0 Å². The number of carbonyl (C=O) groups is 2. The number of rotatable bonds is 5. The molecule has 2 N–H and O–H groups in total. The summed E-state index contributed by atoms with van der Waals surface area (Å²) in [5, 5.41) is 5.57. The van der Waals surface area contributed by atoms with E-state index in [4.69, 9.17) is 4.74 Å². The van der Waals surface area contributed by atoms with Gasteiger partial charge in [-0.05, 0) is 24.6 Å². The highest BCUT2D eigenvalue weighted by Crippen LogP contribution is 2.23. The quantitative estimate of drug-likeness (QED) is 0.812. The standard InChI is InChI=1S/C20H24N2O3/c1-14-9-11-15(12-10-14)20(2,3)13-21-19(24)22-17-8-6-5-7-16(17)18(23)25-4/h5-12H,13H2,1-4H3,(H2,21,22,24). The van der Waals surface area contributed by atoms with Crippen LogP contribution < -0.4 is 10.6 Å². The molecule has 0 unspecified atom stereocenters. The lowest BCUT2D eigenvalue weighted by atomic mass is 9.84. The Morgan fingerprint density at radius 1 is 1.04 bits per heavy atom. The number of hydrogen-bond acceptors (Lipinski definition) is 3. The average molecular weight is 340 g/mol. The summed E-state index contributed by atoms with van der Waals surface area (Å²) >= 11 is 0. The second-order valence-electron chi connectivity index (χ2n) is 6.59. The van der Waals surface area contributed by atoms with Gasteiger partial charge in [0.05, 0.1) is 18.4 Å². The molecule has 0 atom stereocenters. The predicted octanol–water partition coefficient (Wildman–Crippen LogP) is 3.88. The van der Waals surface area contributed by atoms with Crippen molar-refractivity contribution >= 4 is 17.7 Å². The maximum Gasteiger partial charge on any atom is 0.339 e. The molecule has 25 heavy (non-hydrogen) atoms. The van der Waals surface area contributed by atoms with Gasteiger partial charge in [-0.3, -0.25) is 0 Å². The molecule has 2 aromatic rings. The largest absolute Gasteiger partial charge is 0.465 e. The van der Waals surface area contributed by atoms with Crippen LogP contribution in [0.4, 0.5) is 10.5 Å². The van der Waals surface area contributed by atoms with E-state index < -0.39 is 5.97 Å². The highest BCUT2D eigenvalue weighted by molar-refractivity contribution is 6.00. The second kappa shape index (κ2) is 7.83. The SMILES string of the molecule is COC(=O)c1ccccc1NC(=O)NCC(C)(C)c1ccc(C)cc1. The first-order valence-electron chi connectivity index (χ1n) is 8.13. The van der Waals surface area contributed by atoms with Gasteiger partial charge < -0.3 is 15.4 Å². The Hall–Kier alpha value is -2.82. The fourth-order valence-corrected chi connectivity index (χ4v) is 2.45. The number of esters is 1. The summed E-state index contributed by atoms with van der Waals surface area (Å²) in [5.41, 5.74) is 2.86. The third-order valence-electron chi connectivity index (χ3n) is 4.10. The minimum Gasteiger partial charge on any atom is -0.465 e. The second-order valence-corrected chi connectivity index (χ2v) is 6.59. The van der Waals surface area contributed by atoms with Crippen LogP contribution in [0.5, 0.6) is 0 Å². The maximum atomic E-state index is 12.2. The van der Waals surface area contributed by atoms with Crippen LogP contribution in [0.3, 0.4) is 0 Å². The van der Waals surface area contributed by atoms with Gasteiger partial charge in [-0.2, -0.15) is 0 Å². The van der Waals surface area contributed by atoms with Crippen LogP contribution in [0, 0.1) is 6.92 Å². The molecule has 0 bridgehead atoms. The van der Waals surface area contributed by atoms with Gasteiger partial charge in [0.15, 0.2) is 0 Å². The number of urea groups is 1. The highest BCUT2D eigenvalue weighted by atomic mass is 16.5. The van der Waals surface area contributed by atoms with Gasteiger partial charge in [-0.25, -0.2) is 9.59 Å². The van der Waals surface area contributed by atoms with Gasteiger partial charge >= 0.3 is 12.0 Å². The number of para-hydroxylation sites is 1. The number of ether oxygens (including phenoxy) is 1. The summed E-state index contributed by atoms with van der Waals surface area (Å²) in [6, 6.07) is 14.6. The van der Waals surface area contributed by atoms with Crippen molar-refractivity contribution < 1.29 is 14.3 Å². The van der Waals surface area contributed by atoms with Gasteiger partial charge in [0.25, 0.3) is 0 Å². The van der Waals surface area contributed by atoms with Crippen molar-refractivity contribution in [2.75, 3.05) is 19.0 Å².